The lowest BCUT2D eigenvalue weighted by atomic mass is 9.79. The summed E-state index contributed by atoms with van der Waals surface area (Å²) in [4.78, 5) is 26.7. The highest BCUT2D eigenvalue weighted by atomic mass is 35.5. The molecule has 2 aromatic carbocycles. The van der Waals surface area contributed by atoms with E-state index in [0.29, 0.717) is 30.7 Å². The summed E-state index contributed by atoms with van der Waals surface area (Å²) >= 11 is 6.29. The number of nitrogens with zero attached hydrogens (tertiary/aromatic N) is 1. The third kappa shape index (κ3) is 3.54. The summed E-state index contributed by atoms with van der Waals surface area (Å²) in [7, 11) is 1.77. The van der Waals surface area contributed by atoms with Crippen LogP contribution in [0.2, 0.25) is 5.02 Å². The lowest BCUT2D eigenvalue weighted by Gasteiger charge is -2.23. The zero-order valence-corrected chi connectivity index (χ0v) is 16.1. The molecule has 3 nitrogen and oxygen atoms in total. The van der Waals surface area contributed by atoms with Crippen molar-refractivity contribution >= 4 is 29.0 Å². The number of para-hydroxylation sites is 1. The Morgan fingerprint density at radius 2 is 1.81 bits per heavy atom. The van der Waals surface area contributed by atoms with Gasteiger partial charge in [0.05, 0.1) is 16.1 Å². The Balaban J connectivity index is 1.59. The Bertz CT molecular complexity index is 818. The second-order valence-electron chi connectivity index (χ2n) is 7.21. The molecule has 2 aromatic rings. The predicted molar refractivity (Wildman–Crippen MR) is 106 cm³/mol. The number of benzene rings is 2. The van der Waals surface area contributed by atoms with Gasteiger partial charge in [-0.2, -0.15) is 0 Å². The minimum absolute atomic E-state index is 0.0531. The topological polar surface area (TPSA) is 37.4 Å². The smallest absolute Gasteiger partial charge is 0.237 e. The summed E-state index contributed by atoms with van der Waals surface area (Å²) in [6, 6.07) is 15.7. The first kappa shape index (κ1) is 18.7. The summed E-state index contributed by atoms with van der Waals surface area (Å²) < 4.78 is 0. The van der Waals surface area contributed by atoms with Crippen LogP contribution in [0.4, 0.5) is 5.69 Å². The zero-order chi connectivity index (χ0) is 18.7. The summed E-state index contributed by atoms with van der Waals surface area (Å²) in [5.41, 5.74) is 2.35. The molecule has 0 fully saturated rings. The maximum absolute atomic E-state index is 12.8. The number of ketones is 1. The molecule has 0 N–H and O–H groups in total. The molecule has 136 valence electrons. The van der Waals surface area contributed by atoms with Gasteiger partial charge in [-0.25, -0.2) is 0 Å². The van der Waals surface area contributed by atoms with E-state index in [1.807, 2.05) is 55.5 Å². The van der Waals surface area contributed by atoms with Crippen molar-refractivity contribution in [1.29, 1.82) is 0 Å². The third-order valence-electron chi connectivity index (χ3n) is 5.36. The molecule has 4 heteroatoms. The molecule has 0 radical (unpaired) electrons. The van der Waals surface area contributed by atoms with Crippen LogP contribution in [-0.2, 0) is 21.4 Å². The van der Waals surface area contributed by atoms with Crippen molar-refractivity contribution in [2.24, 2.45) is 0 Å². The Morgan fingerprint density at radius 3 is 2.54 bits per heavy atom. The lowest BCUT2D eigenvalue weighted by molar-refractivity contribution is -0.123. The number of halogens is 1. The largest absolute Gasteiger partial charge is 0.313 e. The van der Waals surface area contributed by atoms with E-state index in [1.165, 1.54) is 5.56 Å². The van der Waals surface area contributed by atoms with Crippen LogP contribution in [0.5, 0.6) is 0 Å². The van der Waals surface area contributed by atoms with E-state index >= 15 is 0 Å². The number of fused-ring (bicyclic) bond motifs is 1. The van der Waals surface area contributed by atoms with Gasteiger partial charge >= 0.3 is 0 Å². The van der Waals surface area contributed by atoms with Crippen molar-refractivity contribution < 1.29 is 9.59 Å². The monoisotopic (exact) mass is 369 g/mol. The van der Waals surface area contributed by atoms with Crippen LogP contribution in [0.25, 0.3) is 0 Å². The molecule has 0 bridgehead atoms. The average molecular weight is 370 g/mol. The number of aryl methyl sites for hydroxylation is 1. The molecule has 1 amide bonds. The highest BCUT2D eigenvalue weighted by Crippen LogP contribution is 2.47. The van der Waals surface area contributed by atoms with Crippen LogP contribution in [0.3, 0.4) is 0 Å². The van der Waals surface area contributed by atoms with Crippen LogP contribution in [0, 0.1) is 0 Å². The predicted octanol–water partition coefficient (Wildman–Crippen LogP) is 4.95. The molecule has 26 heavy (non-hydrogen) atoms. The Labute approximate surface area is 160 Å². The van der Waals surface area contributed by atoms with Gasteiger partial charge < -0.3 is 4.90 Å². The SMILES string of the molecule is CN1C(=O)[C@](C)(CCCC(=O)CCc2ccccc2)c2cccc(Cl)c21. The van der Waals surface area contributed by atoms with E-state index in [9.17, 15) is 9.59 Å². The number of hydrogen-bond donors (Lipinski definition) is 0. The van der Waals surface area contributed by atoms with E-state index < -0.39 is 5.41 Å². The number of carbonyl (C=O) groups excluding carboxylic acids is 2. The van der Waals surface area contributed by atoms with Crippen LogP contribution in [0.15, 0.2) is 48.5 Å². The number of rotatable bonds is 7. The Morgan fingerprint density at radius 1 is 1.08 bits per heavy atom. The van der Waals surface area contributed by atoms with Gasteiger partial charge in [0, 0.05) is 19.9 Å². The fraction of sp³-hybridized carbons (Fsp3) is 0.364. The maximum atomic E-state index is 12.8. The van der Waals surface area contributed by atoms with Crippen molar-refractivity contribution in [3.63, 3.8) is 0 Å². The highest BCUT2D eigenvalue weighted by molar-refractivity contribution is 6.35. The van der Waals surface area contributed by atoms with E-state index in [1.54, 1.807) is 11.9 Å². The van der Waals surface area contributed by atoms with Crippen molar-refractivity contribution in [2.75, 3.05) is 11.9 Å². The first-order valence-corrected chi connectivity index (χ1v) is 9.44. The second-order valence-corrected chi connectivity index (χ2v) is 7.62. The second kappa shape index (κ2) is 7.63. The van der Waals surface area contributed by atoms with E-state index in [0.717, 1.165) is 17.7 Å². The number of hydrogen-bond acceptors (Lipinski definition) is 2. The van der Waals surface area contributed by atoms with Gasteiger partial charge in [-0.3, -0.25) is 9.59 Å². The molecule has 1 aliphatic heterocycles. The van der Waals surface area contributed by atoms with Gasteiger partial charge in [-0.15, -0.1) is 0 Å². The van der Waals surface area contributed by atoms with Crippen molar-refractivity contribution in [3.05, 3.63) is 64.7 Å². The molecule has 1 heterocycles. The Hall–Kier alpha value is -2.13. The molecule has 0 aliphatic carbocycles. The van der Waals surface area contributed by atoms with Crippen LogP contribution < -0.4 is 4.90 Å². The summed E-state index contributed by atoms with van der Waals surface area (Å²) in [6.07, 6.45) is 3.19. The molecule has 0 saturated heterocycles. The van der Waals surface area contributed by atoms with Crippen LogP contribution in [0.1, 0.15) is 43.7 Å². The minimum atomic E-state index is -0.602. The first-order chi connectivity index (χ1) is 12.4. The first-order valence-electron chi connectivity index (χ1n) is 9.06. The number of carbonyl (C=O) groups is 2. The van der Waals surface area contributed by atoms with Gasteiger partial charge in [0.15, 0.2) is 0 Å². The van der Waals surface area contributed by atoms with Crippen molar-refractivity contribution in [1.82, 2.24) is 0 Å². The summed E-state index contributed by atoms with van der Waals surface area (Å²) in [6.45, 7) is 1.96. The van der Waals surface area contributed by atoms with Gasteiger partial charge in [-0.1, -0.05) is 54.1 Å². The highest BCUT2D eigenvalue weighted by Gasteiger charge is 2.46. The number of anilines is 1. The normalized spacial score (nSPS) is 18.9. The fourth-order valence-electron chi connectivity index (χ4n) is 3.82. The van der Waals surface area contributed by atoms with Gasteiger partial charge in [0.1, 0.15) is 5.78 Å². The molecule has 0 saturated carbocycles. The maximum Gasteiger partial charge on any atom is 0.237 e. The molecular weight excluding hydrogens is 346 g/mol. The van der Waals surface area contributed by atoms with Crippen molar-refractivity contribution in [3.8, 4) is 0 Å². The van der Waals surface area contributed by atoms with Gasteiger partial charge in [-0.05, 0) is 43.4 Å². The molecular formula is C22H24ClNO2. The minimum Gasteiger partial charge on any atom is -0.313 e. The quantitative estimate of drug-likeness (QED) is 0.692. The summed E-state index contributed by atoms with van der Waals surface area (Å²) in [5.74, 6) is 0.305. The third-order valence-corrected chi connectivity index (χ3v) is 5.67. The lowest BCUT2D eigenvalue weighted by Crippen LogP contribution is -2.36. The molecule has 1 aliphatic rings. The molecule has 0 unspecified atom stereocenters. The number of Topliss-reactive ketones (excluding diaryl/α,β-unsaturated/α-hetero) is 1. The average Bonchev–Trinajstić information content (AvgIpc) is 2.84. The van der Waals surface area contributed by atoms with Crippen molar-refractivity contribution in [2.45, 2.75) is 44.4 Å². The van der Waals surface area contributed by atoms with E-state index in [2.05, 4.69) is 0 Å². The zero-order valence-electron chi connectivity index (χ0n) is 15.3. The Kier molecular flexibility index (Phi) is 5.47. The molecule has 0 aromatic heterocycles. The summed E-state index contributed by atoms with van der Waals surface area (Å²) in [5, 5.41) is 0.598. The standard InChI is InChI=1S/C22H24ClNO2/c1-22(18-11-6-12-19(23)20(18)24(2)21(22)26)15-7-10-17(25)14-13-16-8-4-3-5-9-16/h3-6,8-9,11-12H,7,10,13-15H2,1-2H3/t22-/m1/s1. The number of likely N-dealkylation sites (N-methyl/N-ethyl adjacent to an activating group) is 1. The molecule has 3 rings (SSSR count). The molecule has 1 atom stereocenters. The van der Waals surface area contributed by atoms with Crippen LogP contribution in [-0.4, -0.2) is 18.7 Å². The van der Waals surface area contributed by atoms with E-state index in [4.69, 9.17) is 11.6 Å². The van der Waals surface area contributed by atoms with Gasteiger partial charge in [0.25, 0.3) is 0 Å². The molecule has 0 spiro atoms. The van der Waals surface area contributed by atoms with E-state index in [-0.39, 0.29) is 11.7 Å². The number of amides is 1. The van der Waals surface area contributed by atoms with Gasteiger partial charge in [0.2, 0.25) is 5.91 Å². The van der Waals surface area contributed by atoms with Crippen LogP contribution >= 0.6 is 11.6 Å². The fourth-order valence-corrected chi connectivity index (χ4v) is 4.12.